The SMILES string of the molecule is C.CC(=O)NC[C@H]1CN(c2ccc(-c3ccc4nc(C(N)=NO)cn4c3)c(F)c2)C(=O)O1. The molecule has 0 spiro atoms. The zero-order valence-electron chi connectivity index (χ0n) is 16.4. The Balaban J connectivity index is 0.00000289. The molecule has 1 fully saturated rings. The third kappa shape index (κ3) is 4.31. The number of carbonyl (C=O) groups excluding carboxylic acids is 2. The van der Waals surface area contributed by atoms with Crippen LogP contribution in [-0.2, 0) is 9.53 Å². The van der Waals surface area contributed by atoms with Crippen LogP contribution < -0.4 is 16.0 Å². The number of rotatable bonds is 5. The number of halogens is 1. The van der Waals surface area contributed by atoms with E-state index in [9.17, 15) is 14.0 Å². The molecule has 1 aromatic carbocycles. The number of hydrogen-bond acceptors (Lipinski definition) is 6. The highest BCUT2D eigenvalue weighted by molar-refractivity contribution is 5.95. The van der Waals surface area contributed by atoms with E-state index >= 15 is 0 Å². The van der Waals surface area contributed by atoms with E-state index < -0.39 is 18.0 Å². The maximum Gasteiger partial charge on any atom is 0.414 e. The lowest BCUT2D eigenvalue weighted by Crippen LogP contribution is -2.33. The number of aromatic nitrogens is 2. The molecule has 4 N–H and O–H groups in total. The van der Waals surface area contributed by atoms with E-state index in [-0.39, 0.29) is 38.0 Å². The van der Waals surface area contributed by atoms with E-state index in [2.05, 4.69) is 15.5 Å². The van der Waals surface area contributed by atoms with Crippen molar-refractivity contribution in [2.45, 2.75) is 20.5 Å². The van der Waals surface area contributed by atoms with Crippen molar-refractivity contribution in [3.05, 3.63) is 54.2 Å². The van der Waals surface area contributed by atoms with Gasteiger partial charge in [-0.1, -0.05) is 12.6 Å². The summed E-state index contributed by atoms with van der Waals surface area (Å²) in [6, 6.07) is 7.84. The van der Waals surface area contributed by atoms with Crippen molar-refractivity contribution in [3.8, 4) is 11.1 Å². The first-order valence-electron chi connectivity index (χ1n) is 9.35. The third-order valence-electron chi connectivity index (χ3n) is 4.85. The third-order valence-corrected chi connectivity index (χ3v) is 4.85. The molecule has 2 aromatic heterocycles. The van der Waals surface area contributed by atoms with E-state index in [1.807, 2.05) is 0 Å². The number of carbonyl (C=O) groups is 2. The molecule has 10 nitrogen and oxygen atoms in total. The highest BCUT2D eigenvalue weighted by atomic mass is 19.1. The maximum atomic E-state index is 14.9. The summed E-state index contributed by atoms with van der Waals surface area (Å²) >= 11 is 0. The number of amides is 2. The fourth-order valence-corrected chi connectivity index (χ4v) is 3.33. The number of amidine groups is 1. The number of anilines is 1. The topological polar surface area (TPSA) is 135 Å². The van der Waals surface area contributed by atoms with Crippen molar-refractivity contribution in [2.24, 2.45) is 10.9 Å². The van der Waals surface area contributed by atoms with E-state index in [1.165, 1.54) is 17.9 Å². The predicted molar refractivity (Wildman–Crippen MR) is 116 cm³/mol. The Bertz CT molecular complexity index is 1210. The van der Waals surface area contributed by atoms with E-state index in [4.69, 9.17) is 15.7 Å². The Morgan fingerprint density at radius 3 is 2.84 bits per heavy atom. The van der Waals surface area contributed by atoms with Gasteiger partial charge >= 0.3 is 6.09 Å². The van der Waals surface area contributed by atoms with Crippen molar-refractivity contribution in [3.63, 3.8) is 0 Å². The zero-order chi connectivity index (χ0) is 22.1. The molecule has 1 aliphatic rings. The highest BCUT2D eigenvalue weighted by Crippen LogP contribution is 2.29. The number of nitrogens with one attached hydrogen (secondary N) is 1. The Hall–Kier alpha value is -4.15. The molecule has 0 unspecified atom stereocenters. The van der Waals surface area contributed by atoms with Gasteiger partial charge in [0.05, 0.1) is 18.8 Å². The molecule has 0 aliphatic carbocycles. The first-order valence-corrected chi connectivity index (χ1v) is 9.35. The van der Waals surface area contributed by atoms with Gasteiger partial charge in [0.2, 0.25) is 5.91 Å². The molecule has 1 aliphatic heterocycles. The van der Waals surface area contributed by atoms with Crippen LogP contribution in [-0.4, -0.2) is 51.6 Å². The average molecular weight is 442 g/mol. The minimum absolute atomic E-state index is 0. The van der Waals surface area contributed by atoms with Gasteiger partial charge in [0.1, 0.15) is 23.3 Å². The van der Waals surface area contributed by atoms with Crippen LogP contribution in [0.2, 0.25) is 0 Å². The van der Waals surface area contributed by atoms with Gasteiger partial charge in [-0.05, 0) is 30.3 Å². The van der Waals surface area contributed by atoms with Crippen molar-refractivity contribution in [1.82, 2.24) is 14.7 Å². The predicted octanol–water partition coefficient (Wildman–Crippen LogP) is 2.33. The van der Waals surface area contributed by atoms with Crippen LogP contribution in [0.3, 0.4) is 0 Å². The molecule has 2 amide bonds. The van der Waals surface area contributed by atoms with Gasteiger partial charge in [-0.2, -0.15) is 0 Å². The van der Waals surface area contributed by atoms with Crippen molar-refractivity contribution >= 4 is 29.2 Å². The summed E-state index contributed by atoms with van der Waals surface area (Å²) in [5.74, 6) is -0.875. The normalized spacial score (nSPS) is 16.1. The minimum atomic E-state index is -0.599. The van der Waals surface area contributed by atoms with Crippen LogP contribution in [0.5, 0.6) is 0 Å². The van der Waals surface area contributed by atoms with Gasteiger partial charge < -0.3 is 25.4 Å². The monoisotopic (exact) mass is 442 g/mol. The van der Waals surface area contributed by atoms with Crippen LogP contribution in [0.1, 0.15) is 20.0 Å². The van der Waals surface area contributed by atoms with Crippen molar-refractivity contribution < 1.29 is 23.9 Å². The summed E-state index contributed by atoms with van der Waals surface area (Å²) in [6.07, 6.45) is 2.13. The van der Waals surface area contributed by atoms with Gasteiger partial charge in [-0.3, -0.25) is 9.69 Å². The van der Waals surface area contributed by atoms with E-state index in [0.717, 1.165) is 0 Å². The number of ether oxygens (including phenoxy) is 1. The molecule has 1 saturated heterocycles. The van der Waals surface area contributed by atoms with Crippen LogP contribution in [0.4, 0.5) is 14.9 Å². The second-order valence-corrected chi connectivity index (χ2v) is 7.01. The second-order valence-electron chi connectivity index (χ2n) is 7.01. The highest BCUT2D eigenvalue weighted by Gasteiger charge is 2.32. The Morgan fingerprint density at radius 2 is 2.16 bits per heavy atom. The Morgan fingerprint density at radius 1 is 1.38 bits per heavy atom. The molecule has 1 atom stereocenters. The number of fused-ring (bicyclic) bond motifs is 1. The van der Waals surface area contributed by atoms with Gasteiger partial charge in [-0.25, -0.2) is 14.2 Å². The largest absolute Gasteiger partial charge is 0.442 e. The summed E-state index contributed by atoms with van der Waals surface area (Å²) < 4.78 is 21.8. The molecule has 11 heteroatoms. The fraction of sp³-hybridized carbons (Fsp3) is 0.238. The minimum Gasteiger partial charge on any atom is -0.442 e. The molecule has 168 valence electrons. The Kier molecular flexibility index (Phi) is 6.28. The number of nitrogens with two attached hydrogens (primary N) is 1. The average Bonchev–Trinajstić information content (AvgIpc) is 3.34. The first-order chi connectivity index (χ1) is 14.9. The lowest BCUT2D eigenvalue weighted by atomic mass is 10.1. The number of imidazole rings is 1. The summed E-state index contributed by atoms with van der Waals surface area (Å²) in [4.78, 5) is 28.7. The fourth-order valence-electron chi connectivity index (χ4n) is 3.33. The lowest BCUT2D eigenvalue weighted by Gasteiger charge is -2.14. The zero-order valence-corrected chi connectivity index (χ0v) is 16.4. The molecule has 3 heterocycles. The molecule has 3 aromatic rings. The van der Waals surface area contributed by atoms with Gasteiger partial charge in [0.15, 0.2) is 5.84 Å². The van der Waals surface area contributed by atoms with Crippen LogP contribution in [0.15, 0.2) is 47.9 Å². The quantitative estimate of drug-likeness (QED) is 0.240. The summed E-state index contributed by atoms with van der Waals surface area (Å²) in [7, 11) is 0. The number of pyridine rings is 1. The van der Waals surface area contributed by atoms with Gasteiger partial charge in [0.25, 0.3) is 0 Å². The van der Waals surface area contributed by atoms with Crippen molar-refractivity contribution in [1.29, 1.82) is 0 Å². The molecular weight excluding hydrogens is 419 g/mol. The number of nitrogens with zero attached hydrogens (tertiary/aromatic N) is 4. The summed E-state index contributed by atoms with van der Waals surface area (Å²) in [5, 5.41) is 14.3. The molecule has 0 bridgehead atoms. The molecule has 4 rings (SSSR count). The summed E-state index contributed by atoms with van der Waals surface area (Å²) in [6.45, 7) is 1.77. The van der Waals surface area contributed by atoms with Crippen LogP contribution in [0, 0.1) is 5.82 Å². The Labute approximate surface area is 183 Å². The molecular formula is C21H23FN6O4. The number of cyclic esters (lactones) is 1. The number of benzene rings is 1. The van der Waals surface area contributed by atoms with Crippen LogP contribution >= 0.6 is 0 Å². The van der Waals surface area contributed by atoms with E-state index in [0.29, 0.717) is 22.5 Å². The molecule has 0 radical (unpaired) electrons. The standard InChI is InChI=1S/C20H19FN6O4.CH4/c1-11(28)23-7-14-9-27(20(29)31-14)13-3-4-15(16(21)6-13)12-2-5-18-24-17(19(22)25-30)10-26(18)8-12;/h2-6,8,10,14,30H,7,9H2,1H3,(H2,22,25)(H,23,28);1H4/t14-;/m0./s1. The van der Waals surface area contributed by atoms with Gasteiger partial charge in [0, 0.05) is 30.4 Å². The molecule has 32 heavy (non-hydrogen) atoms. The van der Waals surface area contributed by atoms with E-state index in [1.54, 1.807) is 41.1 Å². The second kappa shape index (κ2) is 8.92. The van der Waals surface area contributed by atoms with Crippen molar-refractivity contribution in [2.75, 3.05) is 18.0 Å². The lowest BCUT2D eigenvalue weighted by molar-refractivity contribution is -0.119. The number of hydrogen-bond donors (Lipinski definition) is 3. The molecule has 0 saturated carbocycles. The smallest absolute Gasteiger partial charge is 0.414 e. The number of oxime groups is 1. The van der Waals surface area contributed by atoms with Gasteiger partial charge in [-0.15, -0.1) is 0 Å². The van der Waals surface area contributed by atoms with Crippen LogP contribution in [0.25, 0.3) is 16.8 Å². The first kappa shape index (κ1) is 22.5. The maximum absolute atomic E-state index is 14.9. The summed E-state index contributed by atoms with van der Waals surface area (Å²) in [5.41, 5.74) is 7.66.